The Balaban J connectivity index is 3.32. The molecule has 0 saturated heterocycles. The van der Waals surface area contributed by atoms with Crippen molar-refractivity contribution in [2.45, 2.75) is 122 Å². The van der Waals surface area contributed by atoms with E-state index in [-0.39, 0.29) is 0 Å². The SMILES string of the molecule is CCCCCCCCCCCCCCCCCC(=O)OC(=O)C(N)CCSC. The van der Waals surface area contributed by atoms with E-state index in [4.69, 9.17) is 10.5 Å². The summed E-state index contributed by atoms with van der Waals surface area (Å²) in [6, 6.07) is -0.683. The number of hydrogen-bond donors (Lipinski definition) is 1. The standard InChI is InChI=1S/C23H45NO3S/c1-3-4-5-6-7-8-9-10-11-12-13-14-15-16-17-18-22(25)27-23(26)21(24)19-20-28-2/h21H,3-20,24H2,1-2H3. The molecular weight excluding hydrogens is 370 g/mol. The van der Waals surface area contributed by atoms with Gasteiger partial charge in [0.1, 0.15) is 6.04 Å². The maximum Gasteiger partial charge on any atom is 0.330 e. The molecule has 0 aliphatic carbocycles. The Morgan fingerprint density at radius 1 is 0.786 bits per heavy atom. The van der Waals surface area contributed by atoms with Crippen molar-refractivity contribution in [2.24, 2.45) is 5.73 Å². The number of hydrogen-bond acceptors (Lipinski definition) is 5. The highest BCUT2D eigenvalue weighted by molar-refractivity contribution is 7.98. The average molecular weight is 416 g/mol. The molecule has 5 heteroatoms. The topological polar surface area (TPSA) is 69.4 Å². The third-order valence-electron chi connectivity index (χ3n) is 5.13. The largest absolute Gasteiger partial charge is 0.392 e. The van der Waals surface area contributed by atoms with Crippen molar-refractivity contribution >= 4 is 23.7 Å². The molecule has 1 atom stereocenters. The Hall–Kier alpha value is -0.550. The van der Waals surface area contributed by atoms with E-state index >= 15 is 0 Å². The zero-order chi connectivity index (χ0) is 20.9. The van der Waals surface area contributed by atoms with Crippen molar-refractivity contribution in [3.05, 3.63) is 0 Å². The van der Waals surface area contributed by atoms with E-state index in [1.807, 2.05) is 6.26 Å². The maximum atomic E-state index is 11.7. The lowest BCUT2D eigenvalue weighted by Crippen LogP contribution is -2.34. The molecule has 0 spiro atoms. The summed E-state index contributed by atoms with van der Waals surface area (Å²) in [7, 11) is 0. The molecule has 0 fully saturated rings. The third-order valence-corrected chi connectivity index (χ3v) is 5.78. The molecule has 2 N–H and O–H groups in total. The van der Waals surface area contributed by atoms with Crippen LogP contribution in [0, 0.1) is 0 Å². The second kappa shape index (κ2) is 21.2. The number of thioether (sulfide) groups is 1. The van der Waals surface area contributed by atoms with Crippen LogP contribution in [0.3, 0.4) is 0 Å². The van der Waals surface area contributed by atoms with Crippen LogP contribution < -0.4 is 5.73 Å². The summed E-state index contributed by atoms with van der Waals surface area (Å²) in [5, 5.41) is 0. The van der Waals surface area contributed by atoms with E-state index in [9.17, 15) is 9.59 Å². The number of nitrogens with two attached hydrogens (primary N) is 1. The highest BCUT2D eigenvalue weighted by Gasteiger charge is 2.17. The summed E-state index contributed by atoms with van der Waals surface area (Å²) in [5.41, 5.74) is 5.70. The third kappa shape index (κ3) is 18.8. The molecule has 0 heterocycles. The van der Waals surface area contributed by atoms with Crippen LogP contribution in [0.5, 0.6) is 0 Å². The second-order valence-corrected chi connectivity index (χ2v) is 8.87. The van der Waals surface area contributed by atoms with Gasteiger partial charge in [0.05, 0.1) is 0 Å². The molecular formula is C23H45NO3S. The lowest BCUT2D eigenvalue weighted by atomic mass is 10.0. The van der Waals surface area contributed by atoms with Gasteiger partial charge in [0, 0.05) is 6.42 Å². The Kier molecular flexibility index (Phi) is 20.8. The van der Waals surface area contributed by atoms with Crippen LogP contribution in [-0.2, 0) is 14.3 Å². The minimum atomic E-state index is -0.683. The van der Waals surface area contributed by atoms with Crippen LogP contribution in [0.1, 0.15) is 116 Å². The molecule has 0 radical (unpaired) electrons. The molecule has 0 amide bonds. The van der Waals surface area contributed by atoms with E-state index in [1.54, 1.807) is 11.8 Å². The zero-order valence-corrected chi connectivity index (χ0v) is 19.3. The summed E-state index contributed by atoms with van der Waals surface area (Å²) in [6.07, 6.45) is 22.2. The van der Waals surface area contributed by atoms with Gasteiger partial charge in [0.2, 0.25) is 0 Å². The molecule has 0 aliphatic rings. The van der Waals surface area contributed by atoms with Gasteiger partial charge in [0.15, 0.2) is 0 Å². The minimum Gasteiger partial charge on any atom is -0.392 e. The van der Waals surface area contributed by atoms with Crippen molar-refractivity contribution < 1.29 is 14.3 Å². The Morgan fingerprint density at radius 3 is 1.64 bits per heavy atom. The van der Waals surface area contributed by atoms with E-state index in [1.165, 1.54) is 77.0 Å². The van der Waals surface area contributed by atoms with E-state index in [0.29, 0.717) is 12.8 Å². The van der Waals surface area contributed by atoms with Crippen LogP contribution in [0.25, 0.3) is 0 Å². The van der Waals surface area contributed by atoms with E-state index < -0.39 is 18.0 Å². The molecule has 0 aromatic carbocycles. The van der Waals surface area contributed by atoms with Gasteiger partial charge in [-0.2, -0.15) is 11.8 Å². The highest BCUT2D eigenvalue weighted by Crippen LogP contribution is 2.14. The first-order valence-electron chi connectivity index (χ1n) is 11.6. The molecule has 1 unspecified atom stereocenters. The molecule has 4 nitrogen and oxygen atoms in total. The van der Waals surface area contributed by atoms with Crippen molar-refractivity contribution in [2.75, 3.05) is 12.0 Å². The highest BCUT2D eigenvalue weighted by atomic mass is 32.2. The lowest BCUT2D eigenvalue weighted by molar-refractivity contribution is -0.160. The first kappa shape index (κ1) is 27.5. The average Bonchev–Trinajstić information content (AvgIpc) is 2.68. The Bertz CT molecular complexity index is 377. The van der Waals surface area contributed by atoms with E-state index in [2.05, 4.69) is 6.92 Å². The van der Waals surface area contributed by atoms with Crippen LogP contribution in [0.4, 0.5) is 0 Å². The van der Waals surface area contributed by atoms with Crippen molar-refractivity contribution in [1.29, 1.82) is 0 Å². The number of carbonyl (C=O) groups excluding carboxylic acids is 2. The summed E-state index contributed by atoms with van der Waals surface area (Å²) >= 11 is 1.63. The number of carbonyl (C=O) groups is 2. The molecule has 0 rings (SSSR count). The molecule has 166 valence electrons. The Morgan fingerprint density at radius 2 is 1.21 bits per heavy atom. The van der Waals surface area contributed by atoms with Gasteiger partial charge in [-0.05, 0) is 24.9 Å². The number of esters is 2. The van der Waals surface area contributed by atoms with Crippen molar-refractivity contribution in [3.8, 4) is 0 Å². The quantitative estimate of drug-likeness (QED) is 0.141. The first-order chi connectivity index (χ1) is 13.6. The smallest absolute Gasteiger partial charge is 0.330 e. The van der Waals surface area contributed by atoms with Gasteiger partial charge in [-0.1, -0.05) is 96.8 Å². The van der Waals surface area contributed by atoms with Crippen molar-refractivity contribution in [1.82, 2.24) is 0 Å². The van der Waals surface area contributed by atoms with Gasteiger partial charge in [-0.15, -0.1) is 0 Å². The van der Waals surface area contributed by atoms with Crippen molar-refractivity contribution in [3.63, 3.8) is 0 Å². The maximum absolute atomic E-state index is 11.7. The summed E-state index contributed by atoms with van der Waals surface area (Å²) < 4.78 is 4.82. The molecule has 0 bridgehead atoms. The van der Waals surface area contributed by atoms with Crippen LogP contribution in [0.15, 0.2) is 0 Å². The number of rotatable bonds is 20. The van der Waals surface area contributed by atoms with Gasteiger partial charge in [0.25, 0.3) is 0 Å². The van der Waals surface area contributed by atoms with Crippen LogP contribution >= 0.6 is 11.8 Å². The fraction of sp³-hybridized carbons (Fsp3) is 0.913. The first-order valence-corrected chi connectivity index (χ1v) is 13.0. The van der Waals surface area contributed by atoms with Crippen LogP contribution in [-0.4, -0.2) is 30.0 Å². The minimum absolute atomic E-state index is 0.319. The Labute approximate surface area is 178 Å². The van der Waals surface area contributed by atoms with Crippen LogP contribution in [0.2, 0.25) is 0 Å². The number of ether oxygens (including phenoxy) is 1. The molecule has 28 heavy (non-hydrogen) atoms. The summed E-state index contributed by atoms with van der Waals surface area (Å²) in [5.74, 6) is -0.219. The fourth-order valence-corrected chi connectivity index (χ4v) is 3.73. The predicted molar refractivity (Wildman–Crippen MR) is 122 cm³/mol. The molecule has 0 aromatic rings. The predicted octanol–water partition coefficient (Wildman–Crippen LogP) is 6.40. The van der Waals surface area contributed by atoms with E-state index in [0.717, 1.165) is 25.0 Å². The van der Waals surface area contributed by atoms with Gasteiger partial charge >= 0.3 is 11.9 Å². The van der Waals surface area contributed by atoms with Gasteiger partial charge < -0.3 is 10.5 Å². The monoisotopic (exact) mass is 415 g/mol. The lowest BCUT2D eigenvalue weighted by Gasteiger charge is -2.09. The molecule has 0 aromatic heterocycles. The molecule has 0 saturated carbocycles. The summed E-state index contributed by atoms with van der Waals surface area (Å²) in [4.78, 5) is 23.3. The zero-order valence-electron chi connectivity index (χ0n) is 18.5. The summed E-state index contributed by atoms with van der Waals surface area (Å²) in [6.45, 7) is 2.27. The van der Waals surface area contributed by atoms with Gasteiger partial charge in [-0.25, -0.2) is 4.79 Å². The fourth-order valence-electron chi connectivity index (χ4n) is 3.24. The molecule has 0 aliphatic heterocycles. The van der Waals surface area contributed by atoms with Gasteiger partial charge in [-0.3, -0.25) is 4.79 Å². The second-order valence-electron chi connectivity index (χ2n) is 7.88. The normalized spacial score (nSPS) is 12.1. The number of unbranched alkanes of at least 4 members (excludes halogenated alkanes) is 14.